The van der Waals surface area contributed by atoms with Crippen LogP contribution in [0.1, 0.15) is 45.9 Å². The molecule has 0 aromatic carbocycles. The third-order valence-corrected chi connectivity index (χ3v) is 3.62. The quantitative estimate of drug-likeness (QED) is 0.785. The first-order valence-corrected chi connectivity index (χ1v) is 6.57. The lowest BCUT2D eigenvalue weighted by Gasteiger charge is -2.31. The average molecular weight is 255 g/mol. The van der Waals surface area contributed by atoms with Gasteiger partial charge in [-0.25, -0.2) is 0 Å². The molecular weight excluding hydrogens is 234 g/mol. The van der Waals surface area contributed by atoms with Crippen LogP contribution < -0.4 is 0 Å². The van der Waals surface area contributed by atoms with Gasteiger partial charge in [0.2, 0.25) is 0 Å². The molecule has 2 heterocycles. The maximum Gasteiger partial charge on any atom is 0.195 e. The molecule has 1 N–H and O–H groups in total. The van der Waals surface area contributed by atoms with E-state index in [0.29, 0.717) is 16.6 Å². The summed E-state index contributed by atoms with van der Waals surface area (Å²) >= 11 is 5.34. The van der Waals surface area contributed by atoms with E-state index in [1.54, 1.807) is 0 Å². The van der Waals surface area contributed by atoms with Gasteiger partial charge in [-0.1, -0.05) is 6.92 Å². The summed E-state index contributed by atoms with van der Waals surface area (Å²) in [7, 11) is 0. The summed E-state index contributed by atoms with van der Waals surface area (Å²) in [6.07, 6.45) is 1.02. The number of aromatic amines is 1. The second kappa shape index (κ2) is 4.53. The fourth-order valence-corrected chi connectivity index (χ4v) is 2.88. The van der Waals surface area contributed by atoms with E-state index in [0.717, 1.165) is 25.5 Å². The number of aromatic nitrogens is 3. The smallest absolute Gasteiger partial charge is 0.195 e. The van der Waals surface area contributed by atoms with Gasteiger partial charge in [0.25, 0.3) is 0 Å². The molecule has 2 unspecified atom stereocenters. The zero-order chi connectivity index (χ0) is 12.6. The zero-order valence-electron chi connectivity index (χ0n) is 11.0. The van der Waals surface area contributed by atoms with Gasteiger partial charge in [0.1, 0.15) is 5.82 Å². The molecule has 1 aliphatic rings. The van der Waals surface area contributed by atoms with Crippen molar-refractivity contribution in [2.45, 2.75) is 45.6 Å². The van der Waals surface area contributed by atoms with Crippen molar-refractivity contribution >= 4 is 12.2 Å². The highest BCUT2D eigenvalue weighted by Gasteiger charge is 2.30. The zero-order valence-corrected chi connectivity index (χ0v) is 11.8. The molecule has 1 aromatic heterocycles. The summed E-state index contributed by atoms with van der Waals surface area (Å²) < 4.78 is 8.35. The molecule has 1 aromatic rings. The fourth-order valence-electron chi connectivity index (χ4n) is 2.47. The Bertz CT molecular complexity index is 443. The van der Waals surface area contributed by atoms with E-state index in [1.807, 2.05) is 0 Å². The van der Waals surface area contributed by atoms with Crippen LogP contribution in [0.4, 0.5) is 0 Å². The topological polar surface area (TPSA) is 42.8 Å². The van der Waals surface area contributed by atoms with Crippen LogP contribution in [0.25, 0.3) is 0 Å². The Labute approximate surface area is 107 Å². The molecular formula is C12H21N3OS. The Balaban J connectivity index is 2.42. The largest absolute Gasteiger partial charge is 0.381 e. The second-order valence-electron chi connectivity index (χ2n) is 5.84. The van der Waals surface area contributed by atoms with Gasteiger partial charge in [-0.2, -0.15) is 5.10 Å². The molecule has 0 bridgehead atoms. The summed E-state index contributed by atoms with van der Waals surface area (Å²) in [6, 6.07) is 0. The van der Waals surface area contributed by atoms with E-state index in [2.05, 4.69) is 42.5 Å². The van der Waals surface area contributed by atoms with E-state index in [1.165, 1.54) is 0 Å². The Hall–Kier alpha value is -0.680. The number of ether oxygens (including phenoxy) is 1. The van der Waals surface area contributed by atoms with Gasteiger partial charge in [-0.3, -0.25) is 9.67 Å². The molecule has 1 fully saturated rings. The molecule has 2 rings (SSSR count). The van der Waals surface area contributed by atoms with E-state index < -0.39 is 0 Å². The first-order valence-electron chi connectivity index (χ1n) is 6.17. The van der Waals surface area contributed by atoms with E-state index in [9.17, 15) is 0 Å². The predicted molar refractivity (Wildman–Crippen MR) is 69.7 cm³/mol. The van der Waals surface area contributed by atoms with Crippen molar-refractivity contribution in [1.29, 1.82) is 0 Å². The Morgan fingerprint density at radius 3 is 2.76 bits per heavy atom. The van der Waals surface area contributed by atoms with E-state index in [4.69, 9.17) is 17.0 Å². The Morgan fingerprint density at radius 1 is 1.47 bits per heavy atom. The molecule has 2 atom stereocenters. The molecule has 1 aliphatic heterocycles. The molecule has 0 amide bonds. The van der Waals surface area contributed by atoms with Crippen LogP contribution in [-0.4, -0.2) is 28.0 Å². The molecule has 1 saturated heterocycles. The van der Waals surface area contributed by atoms with Crippen molar-refractivity contribution < 1.29 is 4.74 Å². The molecule has 4 nitrogen and oxygen atoms in total. The highest BCUT2D eigenvalue weighted by molar-refractivity contribution is 7.71. The molecule has 96 valence electrons. The van der Waals surface area contributed by atoms with Crippen molar-refractivity contribution in [3.8, 4) is 0 Å². The first kappa shape index (κ1) is 12.8. The summed E-state index contributed by atoms with van der Waals surface area (Å²) in [5.41, 5.74) is -0.0303. The maximum absolute atomic E-state index is 5.49. The van der Waals surface area contributed by atoms with Crippen molar-refractivity contribution in [3.05, 3.63) is 10.6 Å². The molecule has 5 heteroatoms. The molecule has 17 heavy (non-hydrogen) atoms. The average Bonchev–Trinajstić information content (AvgIpc) is 2.60. The van der Waals surface area contributed by atoms with Crippen LogP contribution in [0.3, 0.4) is 0 Å². The maximum atomic E-state index is 5.49. The number of hydrogen-bond acceptors (Lipinski definition) is 3. The number of H-pyrrole nitrogens is 1. The minimum atomic E-state index is -0.0303. The molecule has 0 radical (unpaired) electrons. The van der Waals surface area contributed by atoms with Gasteiger partial charge >= 0.3 is 0 Å². The van der Waals surface area contributed by atoms with Crippen LogP contribution in [0, 0.1) is 10.7 Å². The summed E-state index contributed by atoms with van der Waals surface area (Å²) in [5.74, 6) is 2.02. The normalized spacial score (nSPS) is 26.1. The van der Waals surface area contributed by atoms with Crippen LogP contribution in [0.2, 0.25) is 0 Å². The van der Waals surface area contributed by atoms with Crippen LogP contribution >= 0.6 is 12.2 Å². The SMILES string of the molecule is CC1COCCC1c1n[nH]c(=S)n1C(C)(C)C. The molecule has 0 saturated carbocycles. The minimum absolute atomic E-state index is 0.0303. The van der Waals surface area contributed by atoms with Crippen molar-refractivity contribution in [2.75, 3.05) is 13.2 Å². The lowest BCUT2D eigenvalue weighted by atomic mass is 9.88. The highest BCUT2D eigenvalue weighted by Crippen LogP contribution is 2.32. The fraction of sp³-hybridized carbons (Fsp3) is 0.833. The van der Waals surface area contributed by atoms with E-state index >= 15 is 0 Å². The Kier molecular flexibility index (Phi) is 3.41. The summed E-state index contributed by atoms with van der Waals surface area (Å²) in [4.78, 5) is 0. The number of nitrogens with one attached hydrogen (secondary N) is 1. The van der Waals surface area contributed by atoms with Crippen LogP contribution in [0.15, 0.2) is 0 Å². The monoisotopic (exact) mass is 255 g/mol. The van der Waals surface area contributed by atoms with Gasteiger partial charge < -0.3 is 4.74 Å². The van der Waals surface area contributed by atoms with Gasteiger partial charge in [0.05, 0.1) is 0 Å². The minimum Gasteiger partial charge on any atom is -0.381 e. The lowest BCUT2D eigenvalue weighted by Crippen LogP contribution is -2.31. The molecule has 0 spiro atoms. The lowest BCUT2D eigenvalue weighted by molar-refractivity contribution is 0.0433. The highest BCUT2D eigenvalue weighted by atomic mass is 32.1. The van der Waals surface area contributed by atoms with E-state index in [-0.39, 0.29) is 5.54 Å². The predicted octanol–water partition coefficient (Wildman–Crippen LogP) is 2.84. The van der Waals surface area contributed by atoms with Crippen molar-refractivity contribution in [2.24, 2.45) is 5.92 Å². The second-order valence-corrected chi connectivity index (χ2v) is 6.23. The number of hydrogen-bond donors (Lipinski definition) is 1. The van der Waals surface area contributed by atoms with Gasteiger partial charge in [-0.15, -0.1) is 0 Å². The standard InChI is InChI=1S/C12H21N3OS/c1-8-7-16-6-5-9(8)10-13-14-11(17)15(10)12(2,3)4/h8-9H,5-7H2,1-4H3,(H,14,17). The third-order valence-electron chi connectivity index (χ3n) is 3.34. The van der Waals surface area contributed by atoms with Gasteiger partial charge in [-0.05, 0) is 45.3 Å². The number of rotatable bonds is 1. The van der Waals surface area contributed by atoms with Gasteiger partial charge in [0, 0.05) is 24.7 Å². The number of nitrogens with zero attached hydrogens (tertiary/aromatic N) is 2. The van der Waals surface area contributed by atoms with Crippen molar-refractivity contribution in [3.63, 3.8) is 0 Å². The Morgan fingerprint density at radius 2 is 2.18 bits per heavy atom. The van der Waals surface area contributed by atoms with Crippen molar-refractivity contribution in [1.82, 2.24) is 14.8 Å². The third kappa shape index (κ3) is 2.45. The van der Waals surface area contributed by atoms with Crippen LogP contribution in [0.5, 0.6) is 0 Å². The van der Waals surface area contributed by atoms with Gasteiger partial charge in [0.15, 0.2) is 4.77 Å². The summed E-state index contributed by atoms with van der Waals surface area (Å²) in [6.45, 7) is 10.3. The molecule has 0 aliphatic carbocycles. The summed E-state index contributed by atoms with van der Waals surface area (Å²) in [5, 5.41) is 7.38. The first-order chi connectivity index (χ1) is 7.91. The van der Waals surface area contributed by atoms with Crippen LogP contribution in [-0.2, 0) is 10.3 Å².